The molecule has 0 saturated carbocycles. The smallest absolute Gasteiger partial charge is 0.336 e. The van der Waals surface area contributed by atoms with Crippen molar-refractivity contribution in [2.45, 2.75) is 13.5 Å². The Morgan fingerprint density at radius 2 is 1.50 bits per heavy atom. The normalized spacial score (nSPS) is 10.0. The number of carbonyl (C=O) groups is 3. The van der Waals surface area contributed by atoms with Crippen molar-refractivity contribution in [3.63, 3.8) is 0 Å². The number of nitrogens with one attached hydrogen (secondary N) is 2. The fourth-order valence-electron chi connectivity index (χ4n) is 2.18. The van der Waals surface area contributed by atoms with E-state index in [-0.39, 0.29) is 23.6 Å². The van der Waals surface area contributed by atoms with Crippen molar-refractivity contribution < 1.29 is 19.5 Å². The molecule has 0 aliphatic rings. The number of hydrogen-bond acceptors (Lipinski definition) is 3. The van der Waals surface area contributed by atoms with Gasteiger partial charge in [-0.2, -0.15) is 0 Å². The average molecular weight is 326 g/mol. The van der Waals surface area contributed by atoms with Crippen LogP contribution in [0.25, 0.3) is 0 Å². The number of rotatable bonds is 6. The van der Waals surface area contributed by atoms with Crippen LogP contribution in [0.4, 0.5) is 0 Å². The first-order valence-electron chi connectivity index (χ1n) is 7.50. The summed E-state index contributed by atoms with van der Waals surface area (Å²) in [6.45, 7) is 2.64. The van der Waals surface area contributed by atoms with Crippen molar-refractivity contribution in [3.05, 3.63) is 70.8 Å². The molecule has 0 aromatic heterocycles. The fraction of sp³-hybridized carbons (Fsp3) is 0.167. The number of amides is 2. The molecule has 0 radical (unpaired) electrons. The van der Waals surface area contributed by atoms with Crippen LogP contribution < -0.4 is 10.6 Å². The molecule has 0 heterocycles. The standard InChI is InChI=1S/C18H18N2O4/c1-2-19-16(21)13-9-7-12(8-10-13)11-20-17(22)14-5-3-4-6-15(14)18(23)24/h3-10H,2,11H2,1H3,(H,19,21)(H,20,22)(H,23,24). The lowest BCUT2D eigenvalue weighted by Crippen LogP contribution is -2.25. The predicted octanol–water partition coefficient (Wildman–Crippen LogP) is 2.06. The van der Waals surface area contributed by atoms with Crippen LogP contribution in [0, 0.1) is 0 Å². The van der Waals surface area contributed by atoms with Gasteiger partial charge in [-0.1, -0.05) is 24.3 Å². The summed E-state index contributed by atoms with van der Waals surface area (Å²) in [5.74, 6) is -1.75. The highest BCUT2D eigenvalue weighted by molar-refractivity contribution is 6.04. The molecule has 3 N–H and O–H groups in total. The van der Waals surface area contributed by atoms with E-state index in [4.69, 9.17) is 5.11 Å². The molecule has 2 amide bonds. The van der Waals surface area contributed by atoms with E-state index in [1.165, 1.54) is 12.1 Å². The van der Waals surface area contributed by atoms with E-state index in [0.717, 1.165) is 5.56 Å². The Balaban J connectivity index is 2.02. The molecule has 0 atom stereocenters. The van der Waals surface area contributed by atoms with Gasteiger partial charge in [0.05, 0.1) is 11.1 Å². The third-order valence-corrected chi connectivity index (χ3v) is 3.41. The number of carboxylic acids is 1. The van der Waals surface area contributed by atoms with Crippen LogP contribution in [0.15, 0.2) is 48.5 Å². The number of carboxylic acid groups (broad SMARTS) is 1. The minimum atomic E-state index is -1.15. The Bertz CT molecular complexity index is 754. The van der Waals surface area contributed by atoms with E-state index in [1.54, 1.807) is 36.4 Å². The van der Waals surface area contributed by atoms with Gasteiger partial charge in [-0.05, 0) is 36.8 Å². The molecule has 6 heteroatoms. The summed E-state index contributed by atoms with van der Waals surface area (Å²) in [6.07, 6.45) is 0. The van der Waals surface area contributed by atoms with Gasteiger partial charge in [0.15, 0.2) is 0 Å². The van der Waals surface area contributed by atoms with E-state index in [2.05, 4.69) is 10.6 Å². The summed E-state index contributed by atoms with van der Waals surface area (Å²) >= 11 is 0. The monoisotopic (exact) mass is 326 g/mol. The van der Waals surface area contributed by atoms with Gasteiger partial charge < -0.3 is 15.7 Å². The SMILES string of the molecule is CCNC(=O)c1ccc(CNC(=O)c2ccccc2C(=O)O)cc1. The minimum absolute atomic E-state index is 0.0402. The van der Waals surface area contributed by atoms with Gasteiger partial charge >= 0.3 is 5.97 Å². The van der Waals surface area contributed by atoms with Crippen LogP contribution in [0.5, 0.6) is 0 Å². The molecule has 2 rings (SSSR count). The van der Waals surface area contributed by atoms with Crippen LogP contribution in [0.1, 0.15) is 43.6 Å². The largest absolute Gasteiger partial charge is 0.478 e. The van der Waals surface area contributed by atoms with Crippen molar-refractivity contribution in [2.24, 2.45) is 0 Å². The summed E-state index contributed by atoms with van der Waals surface area (Å²) < 4.78 is 0. The molecule has 0 bridgehead atoms. The minimum Gasteiger partial charge on any atom is -0.478 e. The molecule has 124 valence electrons. The maximum Gasteiger partial charge on any atom is 0.336 e. The molecule has 24 heavy (non-hydrogen) atoms. The second kappa shape index (κ2) is 7.92. The van der Waals surface area contributed by atoms with Crippen LogP contribution in [0.3, 0.4) is 0 Å². The highest BCUT2D eigenvalue weighted by Crippen LogP contribution is 2.10. The fourth-order valence-corrected chi connectivity index (χ4v) is 2.18. The Kier molecular flexibility index (Phi) is 5.68. The highest BCUT2D eigenvalue weighted by atomic mass is 16.4. The van der Waals surface area contributed by atoms with E-state index in [0.29, 0.717) is 12.1 Å². The maximum atomic E-state index is 12.2. The molecule has 0 saturated heterocycles. The first-order valence-corrected chi connectivity index (χ1v) is 7.50. The van der Waals surface area contributed by atoms with Gasteiger partial charge in [-0.25, -0.2) is 4.79 Å². The summed E-state index contributed by atoms with van der Waals surface area (Å²) in [7, 11) is 0. The van der Waals surface area contributed by atoms with E-state index in [9.17, 15) is 14.4 Å². The zero-order valence-electron chi connectivity index (χ0n) is 13.2. The van der Waals surface area contributed by atoms with Gasteiger partial charge in [-0.15, -0.1) is 0 Å². The van der Waals surface area contributed by atoms with Crippen molar-refractivity contribution >= 4 is 17.8 Å². The second-order valence-electron chi connectivity index (χ2n) is 5.09. The quantitative estimate of drug-likeness (QED) is 0.757. The van der Waals surface area contributed by atoms with Crippen LogP contribution in [-0.2, 0) is 6.54 Å². The van der Waals surface area contributed by atoms with Crippen LogP contribution in [0.2, 0.25) is 0 Å². The molecule has 2 aromatic rings. The molecule has 0 spiro atoms. The lowest BCUT2D eigenvalue weighted by atomic mass is 10.1. The molecular weight excluding hydrogens is 308 g/mol. The lowest BCUT2D eigenvalue weighted by Gasteiger charge is -2.08. The lowest BCUT2D eigenvalue weighted by molar-refractivity contribution is 0.0690. The summed E-state index contributed by atoms with van der Waals surface area (Å²) in [6, 6.07) is 12.9. The van der Waals surface area contributed by atoms with Gasteiger partial charge in [-0.3, -0.25) is 9.59 Å². The number of aromatic carboxylic acids is 1. The van der Waals surface area contributed by atoms with Crippen molar-refractivity contribution in [1.82, 2.24) is 10.6 Å². The van der Waals surface area contributed by atoms with Crippen molar-refractivity contribution in [3.8, 4) is 0 Å². The summed E-state index contributed by atoms with van der Waals surface area (Å²) in [5.41, 5.74) is 1.43. The molecular formula is C18H18N2O4. The molecule has 6 nitrogen and oxygen atoms in total. The average Bonchev–Trinajstić information content (AvgIpc) is 2.60. The highest BCUT2D eigenvalue weighted by Gasteiger charge is 2.15. The Morgan fingerprint density at radius 1 is 0.875 bits per heavy atom. The zero-order chi connectivity index (χ0) is 17.5. The van der Waals surface area contributed by atoms with Crippen LogP contribution in [-0.4, -0.2) is 29.4 Å². The Labute approximate surface area is 139 Å². The van der Waals surface area contributed by atoms with Gasteiger partial charge in [0.25, 0.3) is 11.8 Å². The second-order valence-corrected chi connectivity index (χ2v) is 5.09. The third-order valence-electron chi connectivity index (χ3n) is 3.41. The summed E-state index contributed by atoms with van der Waals surface area (Å²) in [4.78, 5) is 35.0. The molecule has 0 fully saturated rings. The summed E-state index contributed by atoms with van der Waals surface area (Å²) in [5, 5.41) is 14.5. The van der Waals surface area contributed by atoms with Gasteiger partial charge in [0.2, 0.25) is 0 Å². The first-order chi connectivity index (χ1) is 11.5. The number of hydrogen-bond donors (Lipinski definition) is 3. The maximum absolute atomic E-state index is 12.2. The predicted molar refractivity (Wildman–Crippen MR) is 89.0 cm³/mol. The first kappa shape index (κ1) is 17.2. The number of benzene rings is 2. The van der Waals surface area contributed by atoms with Crippen LogP contribution >= 0.6 is 0 Å². The number of carbonyl (C=O) groups excluding carboxylic acids is 2. The van der Waals surface area contributed by atoms with E-state index in [1.807, 2.05) is 6.92 Å². The Morgan fingerprint density at radius 3 is 2.08 bits per heavy atom. The van der Waals surface area contributed by atoms with Gasteiger partial charge in [0.1, 0.15) is 0 Å². The zero-order valence-corrected chi connectivity index (χ0v) is 13.2. The third kappa shape index (κ3) is 4.19. The van der Waals surface area contributed by atoms with E-state index < -0.39 is 11.9 Å². The van der Waals surface area contributed by atoms with Crippen molar-refractivity contribution in [1.29, 1.82) is 0 Å². The van der Waals surface area contributed by atoms with Gasteiger partial charge in [0, 0.05) is 18.7 Å². The van der Waals surface area contributed by atoms with E-state index >= 15 is 0 Å². The molecule has 0 aliphatic heterocycles. The molecule has 0 aliphatic carbocycles. The Hall–Kier alpha value is -3.15. The molecule has 2 aromatic carbocycles. The van der Waals surface area contributed by atoms with Crippen molar-refractivity contribution in [2.75, 3.05) is 6.54 Å². The topological polar surface area (TPSA) is 95.5 Å². The molecule has 0 unspecified atom stereocenters.